The zero-order chi connectivity index (χ0) is 15.3. The van der Waals surface area contributed by atoms with Crippen LogP contribution in [0.1, 0.15) is 31.7 Å². The number of ether oxygens (including phenoxy) is 1. The molecule has 1 aromatic rings. The van der Waals surface area contributed by atoms with Gasteiger partial charge < -0.3 is 20.5 Å². The summed E-state index contributed by atoms with van der Waals surface area (Å²) in [5.74, 6) is 0. The first-order chi connectivity index (χ1) is 10.2. The van der Waals surface area contributed by atoms with Gasteiger partial charge in [-0.25, -0.2) is 4.79 Å². The second-order valence-electron chi connectivity index (χ2n) is 5.08. The molecule has 0 aliphatic heterocycles. The minimum atomic E-state index is -0.383. The highest BCUT2D eigenvalue weighted by molar-refractivity contribution is 5.67. The standard InChI is InChI=1S/C16H26N2O3/c1-14(9-11-17-10-5-6-12-19)18-16(20)21-13-15-7-3-2-4-8-15/h2-4,7-8,14,17,19H,5-6,9-13H2,1H3,(H,18,20). The van der Waals surface area contributed by atoms with Gasteiger partial charge in [0.15, 0.2) is 0 Å². The summed E-state index contributed by atoms with van der Waals surface area (Å²) in [6, 6.07) is 9.68. The van der Waals surface area contributed by atoms with Gasteiger partial charge in [-0.15, -0.1) is 0 Å². The van der Waals surface area contributed by atoms with Crippen LogP contribution in [0, 0.1) is 0 Å². The Morgan fingerprint density at radius 3 is 2.71 bits per heavy atom. The van der Waals surface area contributed by atoms with E-state index in [1.807, 2.05) is 37.3 Å². The number of amides is 1. The maximum Gasteiger partial charge on any atom is 0.407 e. The zero-order valence-corrected chi connectivity index (χ0v) is 12.7. The van der Waals surface area contributed by atoms with Crippen molar-refractivity contribution in [3.05, 3.63) is 35.9 Å². The minimum Gasteiger partial charge on any atom is -0.445 e. The smallest absolute Gasteiger partial charge is 0.407 e. The summed E-state index contributed by atoms with van der Waals surface area (Å²) in [5, 5.41) is 14.7. The van der Waals surface area contributed by atoms with Crippen LogP contribution in [0.2, 0.25) is 0 Å². The van der Waals surface area contributed by atoms with Gasteiger partial charge in [0.2, 0.25) is 0 Å². The van der Waals surface area contributed by atoms with Crippen LogP contribution in [0.3, 0.4) is 0 Å². The average Bonchev–Trinajstić information content (AvgIpc) is 2.50. The lowest BCUT2D eigenvalue weighted by atomic mass is 10.2. The number of unbranched alkanes of at least 4 members (excludes halogenated alkanes) is 1. The molecule has 1 amide bonds. The SMILES string of the molecule is CC(CCNCCCCO)NC(=O)OCc1ccccc1. The van der Waals surface area contributed by atoms with Crippen molar-refractivity contribution in [1.82, 2.24) is 10.6 Å². The highest BCUT2D eigenvalue weighted by Gasteiger charge is 2.07. The normalized spacial score (nSPS) is 11.9. The highest BCUT2D eigenvalue weighted by atomic mass is 16.5. The number of carbonyl (C=O) groups is 1. The first-order valence-electron chi connectivity index (χ1n) is 7.51. The molecule has 0 saturated heterocycles. The minimum absolute atomic E-state index is 0.0682. The van der Waals surface area contributed by atoms with E-state index in [1.54, 1.807) is 0 Å². The van der Waals surface area contributed by atoms with Crippen LogP contribution in [0.5, 0.6) is 0 Å². The number of hydrogen-bond donors (Lipinski definition) is 3. The lowest BCUT2D eigenvalue weighted by Crippen LogP contribution is -2.35. The molecule has 0 aliphatic carbocycles. The van der Waals surface area contributed by atoms with E-state index in [1.165, 1.54) is 0 Å². The summed E-state index contributed by atoms with van der Waals surface area (Å²) in [4.78, 5) is 11.6. The molecule has 1 aromatic carbocycles. The molecule has 1 atom stereocenters. The Balaban J connectivity index is 2.05. The molecular formula is C16H26N2O3. The van der Waals surface area contributed by atoms with Gasteiger partial charge in [-0.1, -0.05) is 30.3 Å². The second kappa shape index (κ2) is 11.1. The number of nitrogens with one attached hydrogen (secondary N) is 2. The fourth-order valence-electron chi connectivity index (χ4n) is 1.84. The lowest BCUT2D eigenvalue weighted by molar-refractivity contribution is 0.136. The maximum atomic E-state index is 11.6. The van der Waals surface area contributed by atoms with Crippen molar-refractivity contribution < 1.29 is 14.6 Å². The lowest BCUT2D eigenvalue weighted by Gasteiger charge is -2.14. The number of carbonyl (C=O) groups excluding carboxylic acids is 1. The van der Waals surface area contributed by atoms with Gasteiger partial charge in [0.05, 0.1) is 0 Å². The van der Waals surface area contributed by atoms with E-state index in [2.05, 4.69) is 10.6 Å². The second-order valence-corrected chi connectivity index (χ2v) is 5.08. The summed E-state index contributed by atoms with van der Waals surface area (Å²) < 4.78 is 5.16. The number of aliphatic hydroxyl groups is 1. The Labute approximate surface area is 126 Å². The molecular weight excluding hydrogens is 268 g/mol. The van der Waals surface area contributed by atoms with Crippen molar-refractivity contribution in [2.75, 3.05) is 19.7 Å². The van der Waals surface area contributed by atoms with Crippen LogP contribution >= 0.6 is 0 Å². The van der Waals surface area contributed by atoms with Crippen molar-refractivity contribution >= 4 is 6.09 Å². The van der Waals surface area contributed by atoms with E-state index in [9.17, 15) is 4.79 Å². The Kier molecular flexibility index (Phi) is 9.24. The van der Waals surface area contributed by atoms with Crippen LogP contribution in [0.25, 0.3) is 0 Å². The number of alkyl carbamates (subject to hydrolysis) is 1. The Morgan fingerprint density at radius 2 is 2.00 bits per heavy atom. The summed E-state index contributed by atoms with van der Waals surface area (Å²) in [7, 11) is 0. The largest absolute Gasteiger partial charge is 0.445 e. The van der Waals surface area contributed by atoms with Crippen LogP contribution < -0.4 is 10.6 Å². The van der Waals surface area contributed by atoms with Crippen molar-refractivity contribution in [3.8, 4) is 0 Å². The molecule has 21 heavy (non-hydrogen) atoms. The summed E-state index contributed by atoms with van der Waals surface area (Å²) >= 11 is 0. The van der Waals surface area contributed by atoms with Gasteiger partial charge in [-0.3, -0.25) is 0 Å². The molecule has 1 unspecified atom stereocenters. The average molecular weight is 294 g/mol. The Bertz CT molecular complexity index is 384. The third kappa shape index (κ3) is 9.05. The van der Waals surface area contributed by atoms with Gasteiger partial charge in [-0.05, 0) is 44.8 Å². The molecule has 0 aromatic heterocycles. The van der Waals surface area contributed by atoms with Gasteiger partial charge in [0.1, 0.15) is 6.61 Å². The summed E-state index contributed by atoms with van der Waals surface area (Å²) in [5.41, 5.74) is 0.978. The van der Waals surface area contributed by atoms with E-state index >= 15 is 0 Å². The highest BCUT2D eigenvalue weighted by Crippen LogP contribution is 2.01. The van der Waals surface area contributed by atoms with Crippen molar-refractivity contribution in [1.29, 1.82) is 0 Å². The van der Waals surface area contributed by atoms with Gasteiger partial charge in [0.25, 0.3) is 0 Å². The molecule has 1 rings (SSSR count). The van der Waals surface area contributed by atoms with Crippen LogP contribution in [0.15, 0.2) is 30.3 Å². The Morgan fingerprint density at radius 1 is 1.24 bits per heavy atom. The first kappa shape index (κ1) is 17.5. The van der Waals surface area contributed by atoms with E-state index in [0.717, 1.165) is 37.9 Å². The molecule has 0 radical (unpaired) electrons. The molecule has 0 spiro atoms. The predicted octanol–water partition coefficient (Wildman–Crippen LogP) is 2.05. The molecule has 0 aliphatic rings. The summed E-state index contributed by atoms with van der Waals surface area (Å²) in [6.07, 6.45) is 2.26. The third-order valence-corrected chi connectivity index (χ3v) is 3.09. The molecule has 0 heterocycles. The molecule has 0 bridgehead atoms. The molecule has 3 N–H and O–H groups in total. The zero-order valence-electron chi connectivity index (χ0n) is 12.7. The van der Waals surface area contributed by atoms with Crippen LogP contribution in [0.4, 0.5) is 4.79 Å². The van der Waals surface area contributed by atoms with Crippen molar-refractivity contribution in [2.24, 2.45) is 0 Å². The van der Waals surface area contributed by atoms with Gasteiger partial charge >= 0.3 is 6.09 Å². The fraction of sp³-hybridized carbons (Fsp3) is 0.562. The monoisotopic (exact) mass is 294 g/mol. The predicted molar refractivity (Wildman–Crippen MR) is 83.0 cm³/mol. The molecule has 5 nitrogen and oxygen atoms in total. The van der Waals surface area contributed by atoms with E-state index in [4.69, 9.17) is 9.84 Å². The van der Waals surface area contributed by atoms with Crippen LogP contribution in [-0.2, 0) is 11.3 Å². The molecule has 118 valence electrons. The van der Waals surface area contributed by atoms with E-state index < -0.39 is 0 Å². The van der Waals surface area contributed by atoms with Gasteiger partial charge in [-0.2, -0.15) is 0 Å². The van der Waals surface area contributed by atoms with Gasteiger partial charge in [0, 0.05) is 12.6 Å². The van der Waals surface area contributed by atoms with Crippen molar-refractivity contribution in [2.45, 2.75) is 38.8 Å². The quantitative estimate of drug-likeness (QED) is 0.578. The Hall–Kier alpha value is -1.59. The van der Waals surface area contributed by atoms with E-state index in [-0.39, 0.29) is 18.7 Å². The first-order valence-corrected chi connectivity index (χ1v) is 7.51. The number of benzene rings is 1. The van der Waals surface area contributed by atoms with Crippen LogP contribution in [-0.4, -0.2) is 36.9 Å². The molecule has 0 saturated carbocycles. The number of aliphatic hydroxyl groups excluding tert-OH is 1. The third-order valence-electron chi connectivity index (χ3n) is 3.09. The number of hydrogen-bond acceptors (Lipinski definition) is 4. The molecule has 5 heteroatoms. The van der Waals surface area contributed by atoms with Crippen molar-refractivity contribution in [3.63, 3.8) is 0 Å². The fourth-order valence-corrected chi connectivity index (χ4v) is 1.84. The molecule has 0 fully saturated rings. The summed E-state index contributed by atoms with van der Waals surface area (Å²) in [6.45, 7) is 4.22. The number of rotatable bonds is 10. The topological polar surface area (TPSA) is 70.6 Å². The van der Waals surface area contributed by atoms with E-state index in [0.29, 0.717) is 6.61 Å². The maximum absolute atomic E-state index is 11.6.